The summed E-state index contributed by atoms with van der Waals surface area (Å²) in [5.41, 5.74) is 2.28. The Morgan fingerprint density at radius 1 is 0.826 bits per heavy atom. The van der Waals surface area contributed by atoms with Crippen LogP contribution in [0.4, 0.5) is 0 Å². The third kappa shape index (κ3) is 4.13. The summed E-state index contributed by atoms with van der Waals surface area (Å²) in [6, 6.07) is 24.6. The van der Waals surface area contributed by atoms with Crippen LogP contribution in [-0.2, 0) is 4.74 Å². The first kappa shape index (κ1) is 15.2. The van der Waals surface area contributed by atoms with E-state index in [9.17, 15) is 0 Å². The van der Waals surface area contributed by atoms with Gasteiger partial charge in [-0.3, -0.25) is 0 Å². The third-order valence-corrected chi connectivity index (χ3v) is 3.68. The molecule has 3 aromatic carbocycles. The predicted octanol–water partition coefficient (Wildman–Crippen LogP) is 5.30. The summed E-state index contributed by atoms with van der Waals surface area (Å²) in [4.78, 5) is 0. The zero-order valence-corrected chi connectivity index (χ0v) is 13.2. The van der Waals surface area contributed by atoms with E-state index >= 15 is 0 Å². The number of hydrogen-bond acceptors (Lipinski definition) is 2. The molecule has 0 bridgehead atoms. The monoisotopic (exact) mass is 304 g/mol. The van der Waals surface area contributed by atoms with Gasteiger partial charge in [-0.15, -0.1) is 0 Å². The van der Waals surface area contributed by atoms with Gasteiger partial charge in [-0.05, 0) is 47.0 Å². The van der Waals surface area contributed by atoms with Crippen LogP contribution in [0.15, 0.2) is 79.1 Å². The number of hydrogen-bond donors (Lipinski definition) is 0. The first-order valence-electron chi connectivity index (χ1n) is 7.78. The molecule has 0 N–H and O–H groups in total. The van der Waals surface area contributed by atoms with Crippen LogP contribution in [-0.4, -0.2) is 13.2 Å². The molecule has 0 saturated carbocycles. The molecule has 3 rings (SSSR count). The largest absolute Gasteiger partial charge is 0.497 e. The van der Waals surface area contributed by atoms with Gasteiger partial charge in [0.1, 0.15) is 19.0 Å². The van der Waals surface area contributed by atoms with E-state index in [1.165, 1.54) is 16.3 Å². The Balaban J connectivity index is 1.54. The summed E-state index contributed by atoms with van der Waals surface area (Å²) in [5.74, 6) is 0.867. The van der Waals surface area contributed by atoms with Crippen molar-refractivity contribution >= 4 is 16.3 Å². The number of ether oxygens (including phenoxy) is 2. The first-order chi connectivity index (χ1) is 11.3. The van der Waals surface area contributed by atoms with Crippen LogP contribution < -0.4 is 4.74 Å². The Morgan fingerprint density at radius 2 is 1.57 bits per heavy atom. The SMILES string of the molecule is CC(=COCCOc1ccccc1)c1ccc2ccccc2c1. The van der Waals surface area contributed by atoms with Gasteiger partial charge >= 0.3 is 0 Å². The molecule has 0 spiro atoms. The van der Waals surface area contributed by atoms with Crippen molar-refractivity contribution < 1.29 is 9.47 Å². The Morgan fingerprint density at radius 3 is 2.39 bits per heavy atom. The summed E-state index contributed by atoms with van der Waals surface area (Å²) in [5, 5.41) is 2.49. The molecular formula is C21H20O2. The Bertz CT molecular complexity index is 791. The fourth-order valence-electron chi connectivity index (χ4n) is 2.41. The summed E-state index contributed by atoms with van der Waals surface area (Å²) in [7, 11) is 0. The molecule has 0 heterocycles. The van der Waals surface area contributed by atoms with Crippen LogP contribution in [0.5, 0.6) is 5.75 Å². The predicted molar refractivity (Wildman–Crippen MR) is 95.5 cm³/mol. The van der Waals surface area contributed by atoms with E-state index in [0.29, 0.717) is 13.2 Å². The van der Waals surface area contributed by atoms with Gasteiger partial charge in [0.05, 0.1) is 6.26 Å². The summed E-state index contributed by atoms with van der Waals surface area (Å²) in [6.07, 6.45) is 1.80. The quantitative estimate of drug-likeness (QED) is 0.454. The lowest BCUT2D eigenvalue weighted by Crippen LogP contribution is -2.03. The molecule has 0 unspecified atom stereocenters. The highest BCUT2D eigenvalue weighted by atomic mass is 16.5. The molecule has 2 heteroatoms. The fourth-order valence-corrected chi connectivity index (χ4v) is 2.41. The molecule has 0 aliphatic heterocycles. The lowest BCUT2D eigenvalue weighted by Gasteiger charge is -2.07. The number of fused-ring (bicyclic) bond motifs is 1. The van der Waals surface area contributed by atoms with Crippen molar-refractivity contribution in [1.29, 1.82) is 0 Å². The second-order valence-electron chi connectivity index (χ2n) is 5.40. The smallest absolute Gasteiger partial charge is 0.122 e. The molecule has 0 amide bonds. The Kier molecular flexibility index (Phi) is 4.95. The zero-order valence-electron chi connectivity index (χ0n) is 13.2. The topological polar surface area (TPSA) is 18.5 Å². The number of benzene rings is 3. The maximum absolute atomic E-state index is 5.60. The lowest BCUT2D eigenvalue weighted by molar-refractivity contribution is 0.179. The van der Waals surface area contributed by atoms with Crippen molar-refractivity contribution in [2.24, 2.45) is 0 Å². The number of para-hydroxylation sites is 1. The molecule has 23 heavy (non-hydrogen) atoms. The van der Waals surface area contributed by atoms with Crippen LogP contribution in [0, 0.1) is 0 Å². The molecule has 2 nitrogen and oxygen atoms in total. The number of rotatable bonds is 6. The van der Waals surface area contributed by atoms with E-state index in [2.05, 4.69) is 49.4 Å². The highest BCUT2D eigenvalue weighted by Gasteiger charge is 1.99. The van der Waals surface area contributed by atoms with Gasteiger partial charge in [0.15, 0.2) is 0 Å². The second-order valence-corrected chi connectivity index (χ2v) is 5.40. The van der Waals surface area contributed by atoms with Gasteiger partial charge in [-0.1, -0.05) is 54.6 Å². The van der Waals surface area contributed by atoms with Gasteiger partial charge in [0, 0.05) is 0 Å². The summed E-state index contributed by atoms with van der Waals surface area (Å²) < 4.78 is 11.2. The molecular weight excluding hydrogens is 284 g/mol. The fraction of sp³-hybridized carbons (Fsp3) is 0.143. The van der Waals surface area contributed by atoms with Crippen molar-refractivity contribution in [3.05, 3.63) is 84.6 Å². The van der Waals surface area contributed by atoms with Crippen LogP contribution >= 0.6 is 0 Å². The molecule has 0 atom stereocenters. The highest BCUT2D eigenvalue weighted by molar-refractivity contribution is 5.85. The van der Waals surface area contributed by atoms with Crippen LogP contribution in [0.2, 0.25) is 0 Å². The molecule has 0 saturated heterocycles. The van der Waals surface area contributed by atoms with Gasteiger partial charge in [0.2, 0.25) is 0 Å². The second kappa shape index (κ2) is 7.50. The van der Waals surface area contributed by atoms with E-state index in [1.54, 1.807) is 6.26 Å². The molecule has 0 aliphatic rings. The molecule has 116 valence electrons. The average Bonchev–Trinajstić information content (AvgIpc) is 2.61. The van der Waals surface area contributed by atoms with Crippen molar-refractivity contribution in [1.82, 2.24) is 0 Å². The third-order valence-electron chi connectivity index (χ3n) is 3.68. The maximum Gasteiger partial charge on any atom is 0.122 e. The van der Waals surface area contributed by atoms with E-state index in [4.69, 9.17) is 9.47 Å². The van der Waals surface area contributed by atoms with E-state index in [0.717, 1.165) is 11.3 Å². The van der Waals surface area contributed by atoms with Crippen LogP contribution in [0.3, 0.4) is 0 Å². The maximum atomic E-state index is 5.60. The van der Waals surface area contributed by atoms with Crippen molar-refractivity contribution in [3.63, 3.8) is 0 Å². The normalized spacial score (nSPS) is 11.4. The van der Waals surface area contributed by atoms with Crippen LogP contribution in [0.25, 0.3) is 16.3 Å². The zero-order chi connectivity index (χ0) is 15.9. The Labute approximate surface area is 137 Å². The summed E-state index contributed by atoms with van der Waals surface area (Å²) >= 11 is 0. The van der Waals surface area contributed by atoms with E-state index in [1.807, 2.05) is 30.3 Å². The Hall–Kier alpha value is -2.74. The van der Waals surface area contributed by atoms with Crippen molar-refractivity contribution in [2.45, 2.75) is 6.92 Å². The summed E-state index contributed by atoms with van der Waals surface area (Å²) in [6.45, 7) is 3.12. The van der Waals surface area contributed by atoms with Gasteiger partial charge < -0.3 is 9.47 Å². The minimum atomic E-state index is 0.528. The lowest BCUT2D eigenvalue weighted by atomic mass is 10.0. The van der Waals surface area contributed by atoms with E-state index in [-0.39, 0.29) is 0 Å². The minimum absolute atomic E-state index is 0.528. The average molecular weight is 304 g/mol. The molecule has 0 aliphatic carbocycles. The van der Waals surface area contributed by atoms with Crippen molar-refractivity contribution in [3.8, 4) is 5.75 Å². The molecule has 0 aromatic heterocycles. The minimum Gasteiger partial charge on any atom is -0.497 e. The van der Waals surface area contributed by atoms with Gasteiger partial charge in [0.25, 0.3) is 0 Å². The molecule has 3 aromatic rings. The first-order valence-corrected chi connectivity index (χ1v) is 7.78. The standard InChI is InChI=1S/C21H20O2/c1-17(16-22-13-14-23-21-9-3-2-4-10-21)19-12-11-18-7-5-6-8-20(18)15-19/h2-12,15-16H,13-14H2,1H3. The van der Waals surface area contributed by atoms with Gasteiger partial charge in [-0.2, -0.15) is 0 Å². The van der Waals surface area contributed by atoms with E-state index < -0.39 is 0 Å². The van der Waals surface area contributed by atoms with Gasteiger partial charge in [-0.25, -0.2) is 0 Å². The number of allylic oxidation sites excluding steroid dienone is 1. The molecule has 0 fully saturated rings. The van der Waals surface area contributed by atoms with Crippen LogP contribution in [0.1, 0.15) is 12.5 Å². The molecule has 0 radical (unpaired) electrons. The highest BCUT2D eigenvalue weighted by Crippen LogP contribution is 2.20. The van der Waals surface area contributed by atoms with Crippen molar-refractivity contribution in [2.75, 3.05) is 13.2 Å².